The average molecular weight is 576 g/mol. The lowest BCUT2D eigenvalue weighted by Gasteiger charge is -2.31. The van der Waals surface area contributed by atoms with Crippen molar-refractivity contribution in [3.8, 4) is 22.8 Å². The van der Waals surface area contributed by atoms with Gasteiger partial charge in [0.15, 0.2) is 11.5 Å². The molecule has 2 aromatic carbocycles. The summed E-state index contributed by atoms with van der Waals surface area (Å²) in [6.07, 6.45) is -4.61. The van der Waals surface area contributed by atoms with Gasteiger partial charge >= 0.3 is 6.18 Å². The number of rotatable bonds is 11. The van der Waals surface area contributed by atoms with Gasteiger partial charge in [0.05, 0.1) is 31.1 Å². The van der Waals surface area contributed by atoms with Crippen LogP contribution in [-0.4, -0.2) is 59.4 Å². The molecule has 1 aliphatic carbocycles. The van der Waals surface area contributed by atoms with Crippen LogP contribution in [0.2, 0.25) is 0 Å². The monoisotopic (exact) mass is 575 g/mol. The summed E-state index contributed by atoms with van der Waals surface area (Å²) in [5.74, 6) is -1.28. The number of carbonyl (C=O) groups is 1. The van der Waals surface area contributed by atoms with Crippen LogP contribution in [-0.2, 0) is 5.60 Å². The van der Waals surface area contributed by atoms with Gasteiger partial charge in [0.2, 0.25) is 5.60 Å². The Morgan fingerprint density at radius 2 is 1.78 bits per heavy atom. The van der Waals surface area contributed by atoms with Crippen molar-refractivity contribution in [1.82, 2.24) is 10.3 Å². The zero-order valence-corrected chi connectivity index (χ0v) is 22.3. The van der Waals surface area contributed by atoms with Gasteiger partial charge < -0.3 is 30.4 Å². The molecule has 0 bridgehead atoms. The second-order valence-corrected chi connectivity index (χ2v) is 9.89. The summed E-state index contributed by atoms with van der Waals surface area (Å²) in [5, 5.41) is 31.0. The van der Waals surface area contributed by atoms with Gasteiger partial charge in [0.25, 0.3) is 5.91 Å². The number of carbonyl (C=O) groups excluding carboxylic acids is 1. The van der Waals surface area contributed by atoms with Gasteiger partial charge in [0, 0.05) is 22.8 Å². The third-order valence-corrected chi connectivity index (χ3v) is 6.57. The van der Waals surface area contributed by atoms with E-state index >= 15 is 0 Å². The fraction of sp³-hybridized carbons (Fsp3) is 0.345. The Morgan fingerprint density at radius 3 is 2.37 bits per heavy atom. The number of alkyl halides is 3. The molecular formula is C29H29F4N3O5. The first-order valence-corrected chi connectivity index (χ1v) is 12.8. The molecule has 1 heterocycles. The molecule has 0 aliphatic heterocycles. The maximum absolute atomic E-state index is 14.5. The minimum absolute atomic E-state index is 0.00873. The van der Waals surface area contributed by atoms with E-state index in [0.717, 1.165) is 18.2 Å². The van der Waals surface area contributed by atoms with Crippen molar-refractivity contribution in [2.24, 2.45) is 5.92 Å². The van der Waals surface area contributed by atoms with Crippen molar-refractivity contribution in [2.45, 2.75) is 37.6 Å². The summed E-state index contributed by atoms with van der Waals surface area (Å²) in [5.41, 5.74) is -3.96. The van der Waals surface area contributed by atoms with Crippen LogP contribution in [0.5, 0.6) is 11.5 Å². The fourth-order valence-electron chi connectivity index (χ4n) is 4.06. The quantitative estimate of drug-likeness (QED) is 0.196. The number of hydrogen-bond donors (Lipinski definition) is 4. The summed E-state index contributed by atoms with van der Waals surface area (Å²) in [7, 11) is 1.31. The summed E-state index contributed by atoms with van der Waals surface area (Å²) in [6.45, 7) is 0.177. The van der Waals surface area contributed by atoms with E-state index in [1.54, 1.807) is 0 Å². The Labute approximate surface area is 233 Å². The summed E-state index contributed by atoms with van der Waals surface area (Å²) >= 11 is 0. The molecule has 1 fully saturated rings. The Bertz CT molecular complexity index is 1420. The van der Waals surface area contributed by atoms with Gasteiger partial charge in [0.1, 0.15) is 12.4 Å². The molecule has 41 heavy (non-hydrogen) atoms. The van der Waals surface area contributed by atoms with Crippen molar-refractivity contribution < 1.29 is 42.0 Å². The molecule has 4 rings (SSSR count). The summed E-state index contributed by atoms with van der Waals surface area (Å²) in [6, 6.07) is 11.3. The predicted octanol–water partition coefficient (Wildman–Crippen LogP) is 4.61. The number of ether oxygens (including phenoxy) is 2. The zero-order valence-electron chi connectivity index (χ0n) is 22.3. The van der Waals surface area contributed by atoms with Crippen LogP contribution in [0, 0.1) is 17.1 Å². The number of benzene rings is 2. The van der Waals surface area contributed by atoms with Crippen LogP contribution in [0.4, 0.5) is 17.6 Å². The number of nitrogens with zero attached hydrogens (tertiary/aromatic N) is 1. The molecule has 0 spiro atoms. The standard InChI is InChI=1S/C29H29F4N3O5/c1-16(37)14-41-23-10-7-19(12-24(23)40-2)27(38)35-15-28(39,29(31,32)33)25-13-20(26(34)18-3-4-18)11-22(36-25)17-5-8-21(30)9-6-17/h5-13,16,18,34,37,39H,3-4,14-15H2,1-2H3,(H,35,38). The largest absolute Gasteiger partial charge is 0.493 e. The highest BCUT2D eigenvalue weighted by molar-refractivity contribution is 6.02. The molecule has 2 unspecified atom stereocenters. The molecule has 1 aromatic heterocycles. The molecule has 1 amide bonds. The third-order valence-electron chi connectivity index (χ3n) is 6.57. The molecule has 0 radical (unpaired) electrons. The predicted molar refractivity (Wildman–Crippen MR) is 142 cm³/mol. The second kappa shape index (κ2) is 11.8. The molecular weight excluding hydrogens is 546 g/mol. The van der Waals surface area contributed by atoms with Crippen molar-refractivity contribution in [1.29, 1.82) is 5.41 Å². The SMILES string of the molecule is COc1cc(C(=O)NCC(O)(c2cc(C(=N)C3CC3)cc(-c3ccc(F)cc3)n2)C(F)(F)F)ccc1OCC(C)O. The first kappa shape index (κ1) is 29.9. The average Bonchev–Trinajstić information content (AvgIpc) is 3.79. The number of aliphatic hydroxyl groups is 2. The molecule has 0 saturated heterocycles. The Kier molecular flexibility index (Phi) is 8.64. The van der Waals surface area contributed by atoms with E-state index in [9.17, 15) is 32.6 Å². The molecule has 1 aliphatic rings. The van der Waals surface area contributed by atoms with E-state index in [1.807, 2.05) is 0 Å². The van der Waals surface area contributed by atoms with E-state index in [4.69, 9.17) is 14.9 Å². The van der Waals surface area contributed by atoms with E-state index in [1.165, 1.54) is 50.4 Å². The second-order valence-electron chi connectivity index (χ2n) is 9.89. The van der Waals surface area contributed by atoms with Gasteiger partial charge in [-0.3, -0.25) is 4.79 Å². The Hall–Kier alpha value is -4.03. The highest BCUT2D eigenvalue weighted by atomic mass is 19.4. The molecule has 4 N–H and O–H groups in total. The maximum Gasteiger partial charge on any atom is 0.424 e. The summed E-state index contributed by atoms with van der Waals surface area (Å²) in [4.78, 5) is 16.9. The van der Waals surface area contributed by atoms with E-state index in [0.29, 0.717) is 12.8 Å². The molecule has 12 heteroatoms. The number of nitrogens with one attached hydrogen (secondary N) is 2. The van der Waals surface area contributed by atoms with Crippen molar-refractivity contribution in [3.05, 3.63) is 77.2 Å². The van der Waals surface area contributed by atoms with E-state index < -0.39 is 41.8 Å². The lowest BCUT2D eigenvalue weighted by molar-refractivity contribution is -0.265. The Balaban J connectivity index is 1.66. The van der Waals surface area contributed by atoms with Gasteiger partial charge in [-0.2, -0.15) is 13.2 Å². The minimum Gasteiger partial charge on any atom is -0.493 e. The number of aromatic nitrogens is 1. The number of pyridine rings is 1. The van der Waals surface area contributed by atoms with Crippen molar-refractivity contribution >= 4 is 11.6 Å². The normalized spacial score (nSPS) is 15.5. The van der Waals surface area contributed by atoms with E-state index in [-0.39, 0.29) is 52.1 Å². The lowest BCUT2D eigenvalue weighted by Crippen LogP contribution is -2.51. The topological polar surface area (TPSA) is 125 Å². The first-order valence-electron chi connectivity index (χ1n) is 12.8. The van der Waals surface area contributed by atoms with Crippen LogP contribution >= 0.6 is 0 Å². The van der Waals surface area contributed by atoms with Crippen LogP contribution in [0.25, 0.3) is 11.3 Å². The number of methoxy groups -OCH3 is 1. The highest BCUT2D eigenvalue weighted by Gasteiger charge is 2.56. The minimum atomic E-state index is -5.27. The smallest absolute Gasteiger partial charge is 0.424 e. The first-order chi connectivity index (χ1) is 19.3. The van der Waals surface area contributed by atoms with Crippen molar-refractivity contribution in [2.75, 3.05) is 20.3 Å². The fourth-order valence-corrected chi connectivity index (χ4v) is 4.06. The number of halogens is 4. The molecule has 3 aromatic rings. The van der Waals surface area contributed by atoms with Gasteiger partial charge in [-0.15, -0.1) is 0 Å². The maximum atomic E-state index is 14.5. The lowest BCUT2D eigenvalue weighted by atomic mass is 9.93. The van der Waals surface area contributed by atoms with Crippen LogP contribution in [0.3, 0.4) is 0 Å². The zero-order chi connectivity index (χ0) is 29.9. The molecule has 8 nitrogen and oxygen atoms in total. The third kappa shape index (κ3) is 6.83. The number of amides is 1. The highest BCUT2D eigenvalue weighted by Crippen LogP contribution is 2.40. The van der Waals surface area contributed by atoms with Crippen LogP contribution < -0.4 is 14.8 Å². The van der Waals surface area contributed by atoms with Crippen molar-refractivity contribution in [3.63, 3.8) is 0 Å². The molecule has 2 atom stereocenters. The van der Waals surface area contributed by atoms with Gasteiger partial charge in [-0.1, -0.05) is 0 Å². The summed E-state index contributed by atoms with van der Waals surface area (Å²) < 4.78 is 67.5. The van der Waals surface area contributed by atoms with Crippen LogP contribution in [0.15, 0.2) is 54.6 Å². The number of hydrogen-bond acceptors (Lipinski definition) is 7. The van der Waals surface area contributed by atoms with Gasteiger partial charge in [-0.25, -0.2) is 9.37 Å². The van der Waals surface area contributed by atoms with E-state index in [2.05, 4.69) is 10.3 Å². The number of aliphatic hydroxyl groups excluding tert-OH is 1. The Morgan fingerprint density at radius 1 is 1.10 bits per heavy atom. The molecule has 218 valence electrons. The molecule has 1 saturated carbocycles. The van der Waals surface area contributed by atoms with Crippen LogP contribution in [0.1, 0.15) is 41.4 Å². The van der Waals surface area contributed by atoms with Gasteiger partial charge in [-0.05, 0) is 79.9 Å².